The monoisotopic (exact) mass is 281 g/mol. The molecule has 0 N–H and O–H groups in total. The molecule has 1 fully saturated rings. The molecular formula is C18H19NO2. The molecule has 0 spiro atoms. The van der Waals surface area contributed by atoms with Crippen molar-refractivity contribution in [2.24, 2.45) is 0 Å². The Kier molecular flexibility index (Phi) is 3.74. The van der Waals surface area contributed by atoms with E-state index in [1.807, 2.05) is 49.5 Å². The molecule has 3 heteroatoms. The first-order valence-electron chi connectivity index (χ1n) is 7.43. The van der Waals surface area contributed by atoms with Gasteiger partial charge in [0.05, 0.1) is 0 Å². The molecule has 0 unspecified atom stereocenters. The Morgan fingerprint density at radius 2 is 1.71 bits per heavy atom. The van der Waals surface area contributed by atoms with Gasteiger partial charge in [0.2, 0.25) is 0 Å². The van der Waals surface area contributed by atoms with Crippen molar-refractivity contribution in [1.82, 2.24) is 4.90 Å². The van der Waals surface area contributed by atoms with Crippen molar-refractivity contribution in [3.63, 3.8) is 0 Å². The summed E-state index contributed by atoms with van der Waals surface area (Å²) in [4.78, 5) is 25.7. The summed E-state index contributed by atoms with van der Waals surface area (Å²) in [7, 11) is 1.85. The zero-order valence-electron chi connectivity index (χ0n) is 12.2. The number of amides is 1. The fourth-order valence-electron chi connectivity index (χ4n) is 3.00. The van der Waals surface area contributed by atoms with Gasteiger partial charge < -0.3 is 4.90 Å². The minimum Gasteiger partial charge on any atom is -0.339 e. The Morgan fingerprint density at radius 3 is 2.43 bits per heavy atom. The molecule has 1 aliphatic rings. The number of nitrogens with zero attached hydrogens (tertiary/aromatic N) is 1. The summed E-state index contributed by atoms with van der Waals surface area (Å²) < 4.78 is 0. The maximum atomic E-state index is 12.6. The molecule has 1 amide bonds. The fraction of sp³-hybridized carbons (Fsp3) is 0.333. The van der Waals surface area contributed by atoms with Crippen LogP contribution < -0.4 is 0 Å². The van der Waals surface area contributed by atoms with Crippen LogP contribution in [-0.4, -0.2) is 29.7 Å². The number of hydrogen-bond acceptors (Lipinski definition) is 2. The van der Waals surface area contributed by atoms with E-state index in [0.29, 0.717) is 24.2 Å². The minimum atomic E-state index is 0.0418. The standard InChI is InChI=1S/C18H19NO2/c1-19(16-8-10-17(20)11-9-16)18(21)15-7-6-13-4-2-3-5-14(13)12-15/h2-7,12,16H,8-11H2,1H3. The Balaban J connectivity index is 1.80. The third kappa shape index (κ3) is 2.82. The molecule has 0 atom stereocenters. The topological polar surface area (TPSA) is 37.4 Å². The summed E-state index contributed by atoms with van der Waals surface area (Å²) >= 11 is 0. The second-order valence-electron chi connectivity index (χ2n) is 5.75. The van der Waals surface area contributed by atoms with Crippen LogP contribution in [0.3, 0.4) is 0 Å². The predicted molar refractivity (Wildman–Crippen MR) is 83.3 cm³/mol. The van der Waals surface area contributed by atoms with Crippen LogP contribution in [0.15, 0.2) is 42.5 Å². The largest absolute Gasteiger partial charge is 0.339 e. The zero-order valence-corrected chi connectivity index (χ0v) is 12.2. The van der Waals surface area contributed by atoms with Crippen molar-refractivity contribution in [2.45, 2.75) is 31.7 Å². The SMILES string of the molecule is CN(C(=O)c1ccc2ccccc2c1)C1CCC(=O)CC1. The zero-order chi connectivity index (χ0) is 14.8. The summed E-state index contributed by atoms with van der Waals surface area (Å²) in [6, 6.07) is 14.0. The van der Waals surface area contributed by atoms with Crippen LogP contribution in [0.2, 0.25) is 0 Å². The maximum absolute atomic E-state index is 12.6. The van der Waals surface area contributed by atoms with E-state index in [9.17, 15) is 9.59 Å². The molecule has 2 aromatic rings. The van der Waals surface area contributed by atoms with Gasteiger partial charge in [-0.2, -0.15) is 0 Å². The van der Waals surface area contributed by atoms with E-state index in [0.717, 1.165) is 23.6 Å². The lowest BCUT2D eigenvalue weighted by Crippen LogP contribution is -2.39. The van der Waals surface area contributed by atoms with Gasteiger partial charge in [0, 0.05) is 31.5 Å². The van der Waals surface area contributed by atoms with Gasteiger partial charge in [0.15, 0.2) is 0 Å². The van der Waals surface area contributed by atoms with Gasteiger partial charge in [-0.1, -0.05) is 30.3 Å². The minimum absolute atomic E-state index is 0.0418. The number of hydrogen-bond donors (Lipinski definition) is 0. The summed E-state index contributed by atoms with van der Waals surface area (Å²) in [5.41, 5.74) is 0.716. The first-order chi connectivity index (χ1) is 10.1. The molecule has 0 heterocycles. The van der Waals surface area contributed by atoms with Crippen molar-refractivity contribution in [3.05, 3.63) is 48.0 Å². The van der Waals surface area contributed by atoms with Crippen LogP contribution in [-0.2, 0) is 4.79 Å². The molecule has 0 aliphatic heterocycles. The van der Waals surface area contributed by atoms with Crippen LogP contribution in [0.4, 0.5) is 0 Å². The maximum Gasteiger partial charge on any atom is 0.253 e. The lowest BCUT2D eigenvalue weighted by Gasteiger charge is -2.30. The summed E-state index contributed by atoms with van der Waals surface area (Å²) in [5.74, 6) is 0.359. The second kappa shape index (κ2) is 5.68. The van der Waals surface area contributed by atoms with E-state index >= 15 is 0 Å². The first-order valence-corrected chi connectivity index (χ1v) is 7.43. The van der Waals surface area contributed by atoms with E-state index in [1.165, 1.54) is 0 Å². The predicted octanol–water partition coefficient (Wildman–Crippen LogP) is 3.42. The van der Waals surface area contributed by atoms with Gasteiger partial charge in [-0.05, 0) is 35.7 Å². The summed E-state index contributed by atoms with van der Waals surface area (Å²) in [6.45, 7) is 0. The number of fused-ring (bicyclic) bond motifs is 1. The summed E-state index contributed by atoms with van der Waals surface area (Å²) in [6.07, 6.45) is 2.77. The third-order valence-corrected chi connectivity index (χ3v) is 4.38. The van der Waals surface area contributed by atoms with E-state index in [1.54, 1.807) is 4.90 Å². The molecule has 3 rings (SSSR count). The van der Waals surface area contributed by atoms with Gasteiger partial charge in [-0.3, -0.25) is 9.59 Å². The van der Waals surface area contributed by atoms with Crippen molar-refractivity contribution in [2.75, 3.05) is 7.05 Å². The average Bonchev–Trinajstić information content (AvgIpc) is 2.54. The molecule has 0 saturated heterocycles. The lowest BCUT2D eigenvalue weighted by atomic mass is 9.93. The van der Waals surface area contributed by atoms with E-state index in [2.05, 4.69) is 0 Å². The number of carbonyl (C=O) groups excluding carboxylic acids is 2. The van der Waals surface area contributed by atoms with Gasteiger partial charge in [0.25, 0.3) is 5.91 Å². The number of rotatable bonds is 2. The van der Waals surface area contributed by atoms with Crippen LogP contribution in [0.1, 0.15) is 36.0 Å². The van der Waals surface area contributed by atoms with Gasteiger partial charge >= 0.3 is 0 Å². The molecule has 108 valence electrons. The molecule has 0 bridgehead atoms. The number of ketones is 1. The highest BCUT2D eigenvalue weighted by atomic mass is 16.2. The fourth-order valence-corrected chi connectivity index (χ4v) is 3.00. The van der Waals surface area contributed by atoms with E-state index < -0.39 is 0 Å². The molecule has 0 radical (unpaired) electrons. The molecule has 2 aromatic carbocycles. The highest BCUT2D eigenvalue weighted by Gasteiger charge is 2.25. The van der Waals surface area contributed by atoms with E-state index in [-0.39, 0.29) is 11.9 Å². The lowest BCUT2D eigenvalue weighted by molar-refractivity contribution is -0.121. The van der Waals surface area contributed by atoms with Gasteiger partial charge in [0.1, 0.15) is 5.78 Å². The Labute approximate surface area is 124 Å². The molecule has 1 saturated carbocycles. The van der Waals surface area contributed by atoms with Crippen molar-refractivity contribution in [3.8, 4) is 0 Å². The molecule has 21 heavy (non-hydrogen) atoms. The van der Waals surface area contributed by atoms with Crippen molar-refractivity contribution < 1.29 is 9.59 Å². The average molecular weight is 281 g/mol. The Hall–Kier alpha value is -2.16. The van der Waals surface area contributed by atoms with Crippen LogP contribution in [0, 0.1) is 0 Å². The molecule has 1 aliphatic carbocycles. The van der Waals surface area contributed by atoms with Crippen LogP contribution in [0.5, 0.6) is 0 Å². The van der Waals surface area contributed by atoms with Crippen molar-refractivity contribution in [1.29, 1.82) is 0 Å². The second-order valence-corrected chi connectivity index (χ2v) is 5.75. The number of benzene rings is 2. The van der Waals surface area contributed by atoms with Gasteiger partial charge in [-0.25, -0.2) is 0 Å². The molecular weight excluding hydrogens is 262 g/mol. The summed E-state index contributed by atoms with van der Waals surface area (Å²) in [5, 5.41) is 2.22. The smallest absolute Gasteiger partial charge is 0.253 e. The normalized spacial score (nSPS) is 16.1. The Morgan fingerprint density at radius 1 is 1.05 bits per heavy atom. The third-order valence-electron chi connectivity index (χ3n) is 4.38. The number of carbonyl (C=O) groups is 2. The molecule has 0 aromatic heterocycles. The van der Waals surface area contributed by atoms with Crippen LogP contribution in [0.25, 0.3) is 10.8 Å². The van der Waals surface area contributed by atoms with E-state index in [4.69, 9.17) is 0 Å². The van der Waals surface area contributed by atoms with Gasteiger partial charge in [-0.15, -0.1) is 0 Å². The highest BCUT2D eigenvalue weighted by Crippen LogP contribution is 2.22. The highest BCUT2D eigenvalue weighted by molar-refractivity contribution is 5.98. The van der Waals surface area contributed by atoms with Crippen LogP contribution >= 0.6 is 0 Å². The Bertz CT molecular complexity index is 682. The molecule has 3 nitrogen and oxygen atoms in total. The number of Topliss-reactive ketones (excluding diaryl/α,β-unsaturated/α-hetero) is 1. The van der Waals surface area contributed by atoms with Crippen molar-refractivity contribution >= 4 is 22.5 Å². The quantitative estimate of drug-likeness (QED) is 0.845. The first kappa shape index (κ1) is 13.8.